The fourth-order valence-electron chi connectivity index (χ4n) is 9.80. The number of rotatable bonds is 63. The smallest absolute Gasteiger partial charge is 0.387 e. The van der Waals surface area contributed by atoms with Gasteiger partial charge >= 0.3 is 7.82 Å². The molecule has 0 aliphatic heterocycles. The van der Waals surface area contributed by atoms with Gasteiger partial charge in [0.05, 0.1) is 39.9 Å². The maximum absolute atomic E-state index is 13.0. The number of hydrogen-bond acceptors (Lipinski definition) is 5. The molecule has 484 valence electrons. The van der Waals surface area contributed by atoms with Gasteiger partial charge in [-0.3, -0.25) is 13.8 Å². The molecule has 0 aliphatic carbocycles. The van der Waals surface area contributed by atoms with Crippen molar-refractivity contribution in [3.63, 3.8) is 0 Å². The second-order valence-electron chi connectivity index (χ2n) is 24.5. The highest BCUT2D eigenvalue weighted by Crippen LogP contribution is 2.43. The van der Waals surface area contributed by atoms with E-state index >= 15 is 0 Å². The van der Waals surface area contributed by atoms with E-state index in [9.17, 15) is 19.4 Å². The molecule has 0 fully saturated rings. The van der Waals surface area contributed by atoms with E-state index in [1.165, 1.54) is 173 Å². The Labute approximate surface area is 520 Å². The molecule has 1 amide bonds. The van der Waals surface area contributed by atoms with E-state index in [0.717, 1.165) is 103 Å². The first kappa shape index (κ1) is 80.9. The summed E-state index contributed by atoms with van der Waals surface area (Å²) < 4.78 is 23.8. The third-order valence-corrected chi connectivity index (χ3v) is 16.2. The number of quaternary nitrogens is 1. The van der Waals surface area contributed by atoms with Gasteiger partial charge in [0.25, 0.3) is 0 Å². The lowest BCUT2D eigenvalue weighted by Gasteiger charge is -2.25. The van der Waals surface area contributed by atoms with Crippen LogP contribution in [0.4, 0.5) is 0 Å². The maximum Gasteiger partial charge on any atom is 0.472 e. The fourth-order valence-corrected chi connectivity index (χ4v) is 10.5. The van der Waals surface area contributed by atoms with Crippen molar-refractivity contribution in [2.75, 3.05) is 40.9 Å². The zero-order valence-corrected chi connectivity index (χ0v) is 56.3. The predicted molar refractivity (Wildman–Crippen MR) is 368 cm³/mol. The first-order valence-electron chi connectivity index (χ1n) is 34.9. The van der Waals surface area contributed by atoms with E-state index < -0.39 is 20.0 Å². The van der Waals surface area contributed by atoms with Crippen LogP contribution in [0.1, 0.15) is 296 Å². The predicted octanol–water partition coefficient (Wildman–Crippen LogP) is 22.4. The summed E-state index contributed by atoms with van der Waals surface area (Å²) in [5.74, 6) is -0.210. The Balaban J connectivity index is 4.20. The second-order valence-corrected chi connectivity index (χ2v) is 26.0. The molecule has 3 atom stereocenters. The van der Waals surface area contributed by atoms with Gasteiger partial charge in [-0.25, -0.2) is 4.57 Å². The summed E-state index contributed by atoms with van der Waals surface area (Å²) in [5.41, 5.74) is 0. The lowest BCUT2D eigenvalue weighted by Crippen LogP contribution is -2.45. The normalized spacial score (nSPS) is 14.4. The van der Waals surface area contributed by atoms with Gasteiger partial charge in [0.15, 0.2) is 0 Å². The van der Waals surface area contributed by atoms with Crippen LogP contribution in [-0.4, -0.2) is 73.4 Å². The number of allylic oxidation sites excluding steroid dienone is 19. The molecule has 0 radical (unpaired) electrons. The van der Waals surface area contributed by atoms with Crippen molar-refractivity contribution in [2.45, 2.75) is 309 Å². The topological polar surface area (TPSA) is 105 Å². The molecule has 8 nitrogen and oxygen atoms in total. The maximum atomic E-state index is 13.0. The van der Waals surface area contributed by atoms with Crippen LogP contribution < -0.4 is 5.32 Å². The Morgan fingerprint density at radius 3 is 1.05 bits per heavy atom. The van der Waals surface area contributed by atoms with Gasteiger partial charge in [0.2, 0.25) is 5.91 Å². The number of nitrogens with one attached hydrogen (secondary N) is 1. The van der Waals surface area contributed by atoms with E-state index in [1.807, 2.05) is 27.2 Å². The van der Waals surface area contributed by atoms with Crippen LogP contribution in [0.15, 0.2) is 122 Å². The SMILES string of the molecule is CC/C=C\C/C=C\C/C=C\C/C=C\C/C=C\C/C=C\C/C=C\C/C=C\C/C=C\CCCCCC(=O)NC(COP(=O)(O)OCC[N+](C)(C)C)C(O)/C=C/CCCCCCCCCCCCCCCCCCCCCCCCCCCCCCC. The molecule has 0 saturated heterocycles. The number of likely N-dealkylation sites (N-methyl/N-ethyl adjacent to an activating group) is 1. The number of amides is 1. The van der Waals surface area contributed by atoms with E-state index in [-0.39, 0.29) is 19.1 Å². The van der Waals surface area contributed by atoms with E-state index in [4.69, 9.17) is 9.05 Å². The van der Waals surface area contributed by atoms with Crippen LogP contribution in [0.5, 0.6) is 0 Å². The highest BCUT2D eigenvalue weighted by molar-refractivity contribution is 7.47. The standard InChI is InChI=1S/C75H133N2O6P/c1-6-8-10-12-14-16-18-20-22-24-26-28-30-32-34-36-38-40-42-44-46-48-50-52-54-56-58-60-62-64-66-68-74(78)73(72-83-84(80,81)82-71-70-77(3,4)5)76-75(79)69-67-65-63-61-59-57-55-53-51-49-47-45-43-41-39-37-35-33-31-29-27-25-23-21-19-17-15-13-11-9-7-2/h9,11,15,17,21,23,27,29,33,35,39,41,45,47,51,53,57,59,66,68,73-74,78H,6-8,10,12-14,16,18-20,22,24-26,28,30-32,34,36-38,40,42-44,46,48-50,52,54-56,58,60-65,67,69-72H2,1-5H3,(H-,76,79,80,81)/p+1/b11-9-,17-15-,23-21-,29-27-,35-33-,41-39-,47-45-,53-51-,59-57-,68-66+. The molecule has 84 heavy (non-hydrogen) atoms. The summed E-state index contributed by atoms with van der Waals surface area (Å²) in [6, 6.07) is -0.876. The molecule has 0 aromatic heterocycles. The average molecular weight is 1190 g/mol. The van der Waals surface area contributed by atoms with Crippen molar-refractivity contribution in [2.24, 2.45) is 0 Å². The van der Waals surface area contributed by atoms with Crippen LogP contribution in [0.3, 0.4) is 0 Å². The third-order valence-electron chi connectivity index (χ3n) is 15.2. The zero-order chi connectivity index (χ0) is 61.2. The number of hydrogen-bond donors (Lipinski definition) is 3. The second kappa shape index (κ2) is 64.4. The Morgan fingerprint density at radius 2 is 0.714 bits per heavy atom. The Kier molecular flexibility index (Phi) is 62.0. The number of phosphoric ester groups is 1. The number of aliphatic hydroxyl groups is 1. The molecule has 0 aliphatic rings. The molecule has 0 saturated carbocycles. The van der Waals surface area contributed by atoms with Gasteiger partial charge in [-0.05, 0) is 89.9 Å². The number of carbonyl (C=O) groups excluding carboxylic acids is 1. The van der Waals surface area contributed by atoms with Gasteiger partial charge in [-0.1, -0.05) is 322 Å². The summed E-state index contributed by atoms with van der Waals surface area (Å²) >= 11 is 0. The van der Waals surface area contributed by atoms with Crippen LogP contribution in [0.25, 0.3) is 0 Å². The molecule has 0 spiro atoms. The molecule has 3 N–H and O–H groups in total. The summed E-state index contributed by atoms with van der Waals surface area (Å²) in [7, 11) is 1.54. The van der Waals surface area contributed by atoms with Crippen LogP contribution in [0.2, 0.25) is 0 Å². The van der Waals surface area contributed by atoms with Crippen molar-refractivity contribution in [1.82, 2.24) is 5.32 Å². The van der Waals surface area contributed by atoms with Crippen LogP contribution in [0, 0.1) is 0 Å². The molecule has 0 aromatic carbocycles. The summed E-state index contributed by atoms with van der Waals surface area (Å²) in [4.78, 5) is 23.4. The van der Waals surface area contributed by atoms with Gasteiger partial charge < -0.3 is 19.8 Å². The Bertz CT molecular complexity index is 1780. The molecule has 3 unspecified atom stereocenters. The number of carbonyl (C=O) groups is 1. The molecule has 9 heteroatoms. The Hall–Kier alpha value is -3.10. The average Bonchev–Trinajstić information content (AvgIpc) is 3.56. The minimum Gasteiger partial charge on any atom is -0.387 e. The van der Waals surface area contributed by atoms with Gasteiger partial charge in [-0.15, -0.1) is 0 Å². The van der Waals surface area contributed by atoms with Crippen molar-refractivity contribution in [1.29, 1.82) is 0 Å². The zero-order valence-electron chi connectivity index (χ0n) is 55.4. The lowest BCUT2D eigenvalue weighted by atomic mass is 10.0. The van der Waals surface area contributed by atoms with Crippen molar-refractivity contribution in [3.8, 4) is 0 Å². The molecule has 0 heterocycles. The fraction of sp³-hybridized carbons (Fsp3) is 0.720. The highest BCUT2D eigenvalue weighted by atomic mass is 31.2. The number of phosphoric acid groups is 1. The van der Waals surface area contributed by atoms with E-state index in [1.54, 1.807) is 6.08 Å². The van der Waals surface area contributed by atoms with E-state index in [0.29, 0.717) is 17.4 Å². The first-order valence-corrected chi connectivity index (χ1v) is 36.4. The molecule has 0 aromatic rings. The largest absolute Gasteiger partial charge is 0.472 e. The molecule has 0 rings (SSSR count). The van der Waals surface area contributed by atoms with Crippen molar-refractivity contribution >= 4 is 13.7 Å². The van der Waals surface area contributed by atoms with Crippen molar-refractivity contribution in [3.05, 3.63) is 122 Å². The van der Waals surface area contributed by atoms with Crippen LogP contribution in [-0.2, 0) is 18.4 Å². The number of aliphatic hydroxyl groups excluding tert-OH is 1. The minimum atomic E-state index is -4.37. The summed E-state index contributed by atoms with van der Waals surface area (Å²) in [6.07, 6.45) is 96.3. The van der Waals surface area contributed by atoms with Crippen LogP contribution >= 0.6 is 7.82 Å². The molecular formula is C75H134N2O6P+. The molecule has 0 bridgehead atoms. The van der Waals surface area contributed by atoms with Crippen molar-refractivity contribution < 1.29 is 32.9 Å². The highest BCUT2D eigenvalue weighted by Gasteiger charge is 2.28. The van der Waals surface area contributed by atoms with Gasteiger partial charge in [0.1, 0.15) is 13.2 Å². The Morgan fingerprint density at radius 1 is 0.417 bits per heavy atom. The monoisotopic (exact) mass is 1190 g/mol. The number of nitrogens with zero attached hydrogens (tertiary/aromatic N) is 1. The summed E-state index contributed by atoms with van der Waals surface area (Å²) in [6.45, 7) is 4.69. The minimum absolute atomic E-state index is 0.0484. The van der Waals surface area contributed by atoms with E-state index in [2.05, 4.69) is 129 Å². The van der Waals surface area contributed by atoms with Gasteiger partial charge in [-0.2, -0.15) is 0 Å². The lowest BCUT2D eigenvalue weighted by molar-refractivity contribution is -0.870. The molecular weight excluding hydrogens is 1060 g/mol. The third kappa shape index (κ3) is 66.4. The van der Waals surface area contributed by atoms with Gasteiger partial charge in [0, 0.05) is 6.42 Å². The summed E-state index contributed by atoms with van der Waals surface area (Å²) in [5, 5.41) is 14.0. The quantitative estimate of drug-likeness (QED) is 0.0243. The first-order chi connectivity index (χ1) is 41.0. The number of unbranched alkanes of at least 4 members (excludes halogenated alkanes) is 32.